The van der Waals surface area contributed by atoms with E-state index < -0.39 is 11.5 Å². The zero-order valence-electron chi connectivity index (χ0n) is 10.2. The number of hydrogen-bond acceptors (Lipinski definition) is 4. The molecule has 0 aromatic heterocycles. The Morgan fingerprint density at radius 2 is 1.84 bits per heavy atom. The molecule has 98 valence electrons. The average Bonchev–Trinajstić information content (AvgIpc) is 2.45. The predicted molar refractivity (Wildman–Crippen MR) is 69.8 cm³/mol. The fraction of sp³-hybridized carbons (Fsp3) is 0.143. The third-order valence-electron chi connectivity index (χ3n) is 2.67. The molecule has 0 atom stereocenters. The monoisotopic (exact) mass is 259 g/mol. The zero-order chi connectivity index (χ0) is 13.7. The summed E-state index contributed by atoms with van der Waals surface area (Å²) in [6.07, 6.45) is 0. The number of rotatable bonds is 5. The highest BCUT2D eigenvalue weighted by Gasteiger charge is 2.20. The molecule has 0 heterocycles. The van der Waals surface area contributed by atoms with Crippen LogP contribution < -0.4 is 4.74 Å². The van der Waals surface area contributed by atoms with Gasteiger partial charge in [-0.2, -0.15) is 0 Å². The number of hydrogen-bond donors (Lipinski definition) is 1. The molecule has 0 amide bonds. The molecule has 0 fully saturated rings. The SMILES string of the molecule is O=[N+]([O-])c1c(CO)cccc1OCc1ccccc1. The standard InChI is InChI=1S/C14H13NO4/c16-9-12-7-4-8-13(14(12)15(17)18)19-10-11-5-2-1-3-6-11/h1-8,16H,9-10H2. The molecule has 0 unspecified atom stereocenters. The van der Waals surface area contributed by atoms with Crippen LogP contribution in [0.5, 0.6) is 5.75 Å². The maximum absolute atomic E-state index is 11.0. The Labute approximate surface area is 110 Å². The van der Waals surface area contributed by atoms with Gasteiger partial charge in [-0.05, 0) is 17.7 Å². The summed E-state index contributed by atoms with van der Waals surface area (Å²) < 4.78 is 5.47. The number of nitro groups is 1. The average molecular weight is 259 g/mol. The Morgan fingerprint density at radius 1 is 1.11 bits per heavy atom. The van der Waals surface area contributed by atoms with Crippen molar-refractivity contribution in [2.24, 2.45) is 0 Å². The van der Waals surface area contributed by atoms with Gasteiger partial charge < -0.3 is 9.84 Å². The van der Waals surface area contributed by atoms with Crippen molar-refractivity contribution in [1.82, 2.24) is 0 Å². The molecule has 2 rings (SSSR count). The smallest absolute Gasteiger partial charge is 0.316 e. The largest absolute Gasteiger partial charge is 0.482 e. The number of ether oxygens (including phenoxy) is 1. The van der Waals surface area contributed by atoms with Crippen molar-refractivity contribution in [1.29, 1.82) is 0 Å². The minimum atomic E-state index is -0.536. The maximum Gasteiger partial charge on any atom is 0.316 e. The second-order valence-electron chi connectivity index (χ2n) is 3.95. The Balaban J connectivity index is 2.23. The Hall–Kier alpha value is -2.40. The molecular formula is C14H13NO4. The van der Waals surface area contributed by atoms with E-state index in [0.29, 0.717) is 0 Å². The molecule has 0 aliphatic carbocycles. The van der Waals surface area contributed by atoms with E-state index in [9.17, 15) is 10.1 Å². The van der Waals surface area contributed by atoms with Crippen LogP contribution in [0.2, 0.25) is 0 Å². The van der Waals surface area contributed by atoms with Crippen molar-refractivity contribution >= 4 is 5.69 Å². The van der Waals surface area contributed by atoms with E-state index in [1.54, 1.807) is 6.07 Å². The van der Waals surface area contributed by atoms with Crippen LogP contribution in [-0.4, -0.2) is 10.0 Å². The molecule has 5 heteroatoms. The van der Waals surface area contributed by atoms with Gasteiger partial charge in [0.05, 0.1) is 17.1 Å². The van der Waals surface area contributed by atoms with E-state index in [4.69, 9.17) is 9.84 Å². The number of aliphatic hydroxyl groups excluding tert-OH is 1. The van der Waals surface area contributed by atoms with E-state index in [1.165, 1.54) is 12.1 Å². The summed E-state index contributed by atoms with van der Waals surface area (Å²) in [6, 6.07) is 14.0. The molecular weight excluding hydrogens is 246 g/mol. The lowest BCUT2D eigenvalue weighted by molar-refractivity contribution is -0.386. The summed E-state index contributed by atoms with van der Waals surface area (Å²) in [5, 5.41) is 20.1. The van der Waals surface area contributed by atoms with E-state index in [0.717, 1.165) is 5.56 Å². The van der Waals surface area contributed by atoms with Crippen molar-refractivity contribution in [3.8, 4) is 5.75 Å². The van der Waals surface area contributed by atoms with E-state index in [2.05, 4.69) is 0 Å². The van der Waals surface area contributed by atoms with Crippen LogP contribution >= 0.6 is 0 Å². The van der Waals surface area contributed by atoms with E-state index in [1.807, 2.05) is 30.3 Å². The molecule has 0 aliphatic rings. The van der Waals surface area contributed by atoms with Crippen molar-refractivity contribution in [2.45, 2.75) is 13.2 Å². The fourth-order valence-electron chi connectivity index (χ4n) is 1.75. The zero-order valence-corrected chi connectivity index (χ0v) is 10.2. The molecule has 0 saturated carbocycles. The van der Waals surface area contributed by atoms with Gasteiger partial charge >= 0.3 is 5.69 Å². The number of nitro benzene ring substituents is 1. The lowest BCUT2D eigenvalue weighted by atomic mass is 10.1. The predicted octanol–water partition coefficient (Wildman–Crippen LogP) is 2.67. The molecule has 0 radical (unpaired) electrons. The first-order valence-electron chi connectivity index (χ1n) is 5.76. The number of para-hydroxylation sites is 1. The van der Waals surface area contributed by atoms with Crippen LogP contribution in [0.1, 0.15) is 11.1 Å². The molecule has 0 bridgehead atoms. The molecule has 0 saturated heterocycles. The highest BCUT2D eigenvalue weighted by Crippen LogP contribution is 2.31. The van der Waals surface area contributed by atoms with Crippen molar-refractivity contribution in [3.05, 3.63) is 69.8 Å². The van der Waals surface area contributed by atoms with Gasteiger partial charge in [0.1, 0.15) is 6.61 Å². The maximum atomic E-state index is 11.0. The van der Waals surface area contributed by atoms with Crippen LogP contribution in [0.3, 0.4) is 0 Å². The van der Waals surface area contributed by atoms with Gasteiger partial charge in [0, 0.05) is 0 Å². The number of benzene rings is 2. The normalized spacial score (nSPS) is 10.2. The molecule has 2 aromatic carbocycles. The summed E-state index contributed by atoms with van der Waals surface area (Å²) >= 11 is 0. The van der Waals surface area contributed by atoms with Crippen LogP contribution in [0.4, 0.5) is 5.69 Å². The molecule has 0 spiro atoms. The first kappa shape index (κ1) is 13.0. The molecule has 5 nitrogen and oxygen atoms in total. The molecule has 0 aliphatic heterocycles. The summed E-state index contributed by atoms with van der Waals surface area (Å²) in [6.45, 7) is -0.143. The van der Waals surface area contributed by atoms with Crippen LogP contribution in [0, 0.1) is 10.1 Å². The van der Waals surface area contributed by atoms with Gasteiger partial charge in [-0.25, -0.2) is 0 Å². The summed E-state index contributed by atoms with van der Waals surface area (Å²) in [5.74, 6) is 0.167. The summed E-state index contributed by atoms with van der Waals surface area (Å²) in [5.41, 5.74) is 0.989. The van der Waals surface area contributed by atoms with Gasteiger partial charge in [0.2, 0.25) is 0 Å². The molecule has 2 aromatic rings. The first-order valence-corrected chi connectivity index (χ1v) is 5.76. The van der Waals surface area contributed by atoms with Gasteiger partial charge in [-0.15, -0.1) is 0 Å². The van der Waals surface area contributed by atoms with Gasteiger partial charge in [0.15, 0.2) is 5.75 Å². The summed E-state index contributed by atoms with van der Waals surface area (Å²) in [7, 11) is 0. The molecule has 19 heavy (non-hydrogen) atoms. The summed E-state index contributed by atoms with van der Waals surface area (Å²) in [4.78, 5) is 10.5. The second-order valence-corrected chi connectivity index (χ2v) is 3.95. The molecule has 1 N–H and O–H groups in total. The lowest BCUT2D eigenvalue weighted by Gasteiger charge is -2.08. The minimum Gasteiger partial charge on any atom is -0.482 e. The van der Waals surface area contributed by atoms with Crippen molar-refractivity contribution < 1.29 is 14.8 Å². The quantitative estimate of drug-likeness (QED) is 0.661. The van der Waals surface area contributed by atoms with E-state index in [-0.39, 0.29) is 23.6 Å². The van der Waals surface area contributed by atoms with Crippen LogP contribution in [-0.2, 0) is 13.2 Å². The van der Waals surface area contributed by atoms with Gasteiger partial charge in [-0.1, -0.05) is 36.4 Å². The fourth-order valence-corrected chi connectivity index (χ4v) is 1.75. The van der Waals surface area contributed by atoms with Crippen molar-refractivity contribution in [2.75, 3.05) is 0 Å². The number of nitrogens with zero attached hydrogens (tertiary/aromatic N) is 1. The van der Waals surface area contributed by atoms with E-state index >= 15 is 0 Å². The lowest BCUT2D eigenvalue weighted by Crippen LogP contribution is -2.02. The third-order valence-corrected chi connectivity index (χ3v) is 2.67. The minimum absolute atomic E-state index is 0.167. The second kappa shape index (κ2) is 5.97. The first-order chi connectivity index (χ1) is 9.22. The number of aliphatic hydroxyl groups is 1. The Bertz CT molecular complexity index is 569. The van der Waals surface area contributed by atoms with Crippen molar-refractivity contribution in [3.63, 3.8) is 0 Å². The highest BCUT2D eigenvalue weighted by molar-refractivity contribution is 5.52. The Morgan fingerprint density at radius 3 is 2.47 bits per heavy atom. The van der Waals surface area contributed by atoms with Gasteiger partial charge in [0.25, 0.3) is 0 Å². The topological polar surface area (TPSA) is 72.6 Å². The third kappa shape index (κ3) is 3.08. The van der Waals surface area contributed by atoms with Gasteiger partial charge in [-0.3, -0.25) is 10.1 Å². The Kier molecular flexibility index (Phi) is 4.10. The highest BCUT2D eigenvalue weighted by atomic mass is 16.6. The van der Waals surface area contributed by atoms with Crippen LogP contribution in [0.15, 0.2) is 48.5 Å². The van der Waals surface area contributed by atoms with Crippen LogP contribution in [0.25, 0.3) is 0 Å².